The van der Waals surface area contributed by atoms with Gasteiger partial charge in [0, 0.05) is 34.7 Å². The normalized spacial score (nSPS) is 11.1. The molecule has 0 fully saturated rings. The molecular weight excluding hydrogens is 399 g/mol. The van der Waals surface area contributed by atoms with E-state index in [2.05, 4.69) is 20.5 Å². The van der Waals surface area contributed by atoms with Crippen LogP contribution in [0.3, 0.4) is 0 Å². The number of nitrogens with zero attached hydrogens (tertiary/aromatic N) is 5. The summed E-state index contributed by atoms with van der Waals surface area (Å²) in [5.41, 5.74) is 2.85. The minimum absolute atomic E-state index is 0.276. The SMILES string of the molecule is Cc1nn(C)c2ncc(C(=O)Nc3ccnn3Cc3ccc(Cl)cc3Cl)cc12. The Kier molecular flexibility index (Phi) is 4.78. The molecule has 0 saturated carbocycles. The number of halogens is 2. The van der Waals surface area contributed by atoms with Gasteiger partial charge < -0.3 is 5.32 Å². The van der Waals surface area contributed by atoms with Crippen molar-refractivity contribution in [3.63, 3.8) is 0 Å². The summed E-state index contributed by atoms with van der Waals surface area (Å²) in [5.74, 6) is 0.278. The lowest BCUT2D eigenvalue weighted by Gasteiger charge is -2.10. The van der Waals surface area contributed by atoms with Crippen molar-refractivity contribution in [1.82, 2.24) is 24.5 Å². The second-order valence-corrected chi connectivity index (χ2v) is 7.21. The highest BCUT2D eigenvalue weighted by Gasteiger charge is 2.14. The number of amides is 1. The van der Waals surface area contributed by atoms with Crippen LogP contribution in [0, 0.1) is 6.92 Å². The van der Waals surface area contributed by atoms with E-state index >= 15 is 0 Å². The molecule has 28 heavy (non-hydrogen) atoms. The van der Waals surface area contributed by atoms with Gasteiger partial charge in [-0.2, -0.15) is 10.2 Å². The standard InChI is InChI=1S/C19H16Cl2N6O/c1-11-15-7-13(9-22-18(15)26(2)25-11)19(28)24-17-5-6-23-27(17)10-12-3-4-14(20)8-16(12)21/h3-9H,10H2,1-2H3,(H,24,28). The Hall–Kier alpha value is -2.90. The first kappa shape index (κ1) is 18.5. The Balaban J connectivity index is 1.57. The van der Waals surface area contributed by atoms with Gasteiger partial charge >= 0.3 is 0 Å². The first-order valence-corrected chi connectivity index (χ1v) is 9.24. The summed E-state index contributed by atoms with van der Waals surface area (Å²) >= 11 is 12.2. The second kappa shape index (κ2) is 7.26. The van der Waals surface area contributed by atoms with Crippen LogP contribution in [0.5, 0.6) is 0 Å². The predicted molar refractivity (Wildman–Crippen MR) is 109 cm³/mol. The van der Waals surface area contributed by atoms with E-state index in [-0.39, 0.29) is 5.91 Å². The van der Waals surface area contributed by atoms with Crippen molar-refractivity contribution in [2.75, 3.05) is 5.32 Å². The van der Waals surface area contributed by atoms with Gasteiger partial charge in [0.1, 0.15) is 5.82 Å². The van der Waals surface area contributed by atoms with Gasteiger partial charge in [-0.1, -0.05) is 29.3 Å². The lowest BCUT2D eigenvalue weighted by atomic mass is 10.2. The summed E-state index contributed by atoms with van der Waals surface area (Å²) in [6.45, 7) is 2.29. The van der Waals surface area contributed by atoms with Crippen LogP contribution in [0.1, 0.15) is 21.6 Å². The lowest BCUT2D eigenvalue weighted by molar-refractivity contribution is 0.102. The maximum atomic E-state index is 12.7. The molecule has 0 bridgehead atoms. The van der Waals surface area contributed by atoms with E-state index in [9.17, 15) is 4.79 Å². The summed E-state index contributed by atoms with van der Waals surface area (Å²) in [4.78, 5) is 17.1. The highest BCUT2D eigenvalue weighted by molar-refractivity contribution is 6.35. The molecule has 0 radical (unpaired) electrons. The highest BCUT2D eigenvalue weighted by Crippen LogP contribution is 2.23. The third-order valence-electron chi connectivity index (χ3n) is 4.42. The summed E-state index contributed by atoms with van der Waals surface area (Å²) < 4.78 is 3.35. The minimum Gasteiger partial charge on any atom is -0.307 e. The number of benzene rings is 1. The van der Waals surface area contributed by atoms with E-state index < -0.39 is 0 Å². The third kappa shape index (κ3) is 3.46. The van der Waals surface area contributed by atoms with Crippen molar-refractivity contribution in [2.45, 2.75) is 13.5 Å². The molecule has 1 amide bonds. The largest absolute Gasteiger partial charge is 0.307 e. The van der Waals surface area contributed by atoms with Gasteiger partial charge in [-0.15, -0.1) is 0 Å². The number of rotatable bonds is 4. The van der Waals surface area contributed by atoms with Crippen molar-refractivity contribution in [2.24, 2.45) is 7.05 Å². The molecule has 0 unspecified atom stereocenters. The fourth-order valence-corrected chi connectivity index (χ4v) is 3.46. The van der Waals surface area contributed by atoms with Gasteiger partial charge in [-0.25, -0.2) is 9.67 Å². The molecule has 0 saturated heterocycles. The Morgan fingerprint density at radius 1 is 1.21 bits per heavy atom. The van der Waals surface area contributed by atoms with Crippen LogP contribution in [0.4, 0.5) is 5.82 Å². The summed E-state index contributed by atoms with van der Waals surface area (Å²) in [7, 11) is 1.82. The molecule has 0 aliphatic heterocycles. The maximum Gasteiger partial charge on any atom is 0.258 e. The predicted octanol–water partition coefficient (Wildman–Crippen LogP) is 4.08. The fraction of sp³-hybridized carbons (Fsp3) is 0.158. The van der Waals surface area contributed by atoms with E-state index in [1.165, 1.54) is 6.20 Å². The molecule has 3 aromatic heterocycles. The van der Waals surface area contributed by atoms with Crippen LogP contribution in [-0.4, -0.2) is 30.5 Å². The summed E-state index contributed by atoms with van der Waals surface area (Å²) in [5, 5.41) is 13.4. The number of nitrogens with one attached hydrogen (secondary N) is 1. The summed E-state index contributed by atoms with van der Waals surface area (Å²) in [6.07, 6.45) is 3.15. The molecule has 3 heterocycles. The molecule has 4 rings (SSSR count). The van der Waals surface area contributed by atoms with Crippen LogP contribution in [0.2, 0.25) is 10.0 Å². The lowest BCUT2D eigenvalue weighted by Crippen LogP contribution is -2.16. The van der Waals surface area contributed by atoms with Gasteiger partial charge in [-0.05, 0) is 30.7 Å². The van der Waals surface area contributed by atoms with Crippen molar-refractivity contribution in [3.8, 4) is 0 Å². The second-order valence-electron chi connectivity index (χ2n) is 6.37. The molecule has 1 aromatic carbocycles. The minimum atomic E-state index is -0.276. The van der Waals surface area contributed by atoms with Crippen LogP contribution < -0.4 is 5.32 Å². The topological polar surface area (TPSA) is 77.6 Å². The summed E-state index contributed by atoms with van der Waals surface area (Å²) in [6, 6.07) is 8.79. The molecule has 9 heteroatoms. The zero-order valence-electron chi connectivity index (χ0n) is 15.1. The average Bonchev–Trinajstić information content (AvgIpc) is 3.21. The zero-order valence-corrected chi connectivity index (χ0v) is 16.7. The van der Waals surface area contributed by atoms with E-state index in [1.54, 1.807) is 39.8 Å². The average molecular weight is 415 g/mol. The quantitative estimate of drug-likeness (QED) is 0.545. The van der Waals surface area contributed by atoms with E-state index in [1.807, 2.05) is 20.0 Å². The van der Waals surface area contributed by atoms with E-state index in [4.69, 9.17) is 23.2 Å². The molecule has 4 aromatic rings. The Labute approximate surface area is 170 Å². The Morgan fingerprint density at radius 2 is 2.04 bits per heavy atom. The van der Waals surface area contributed by atoms with Crippen LogP contribution in [-0.2, 0) is 13.6 Å². The van der Waals surface area contributed by atoms with Crippen LogP contribution >= 0.6 is 23.2 Å². The molecule has 0 aliphatic rings. The van der Waals surface area contributed by atoms with Gasteiger partial charge in [-0.3, -0.25) is 9.48 Å². The zero-order chi connectivity index (χ0) is 19.8. The van der Waals surface area contributed by atoms with Crippen molar-refractivity contribution >= 4 is 46.0 Å². The molecule has 0 atom stereocenters. The molecule has 0 aliphatic carbocycles. The number of aromatic nitrogens is 5. The van der Waals surface area contributed by atoms with Crippen LogP contribution in [0.15, 0.2) is 42.7 Å². The monoisotopic (exact) mass is 414 g/mol. The van der Waals surface area contributed by atoms with E-state index in [0.717, 1.165) is 22.3 Å². The fourth-order valence-electron chi connectivity index (χ4n) is 3.00. The molecular formula is C19H16Cl2N6O. The number of pyridine rings is 1. The number of fused-ring (bicyclic) bond motifs is 1. The van der Waals surface area contributed by atoms with Crippen LogP contribution in [0.25, 0.3) is 11.0 Å². The third-order valence-corrected chi connectivity index (χ3v) is 5.01. The number of carbonyl (C=O) groups excluding carboxylic acids is 1. The Bertz CT molecular complexity index is 1200. The van der Waals surface area contributed by atoms with Gasteiger partial charge in [0.05, 0.1) is 24.0 Å². The maximum absolute atomic E-state index is 12.7. The number of aryl methyl sites for hydroxylation is 2. The molecule has 7 nitrogen and oxygen atoms in total. The van der Waals surface area contributed by atoms with Crippen molar-refractivity contribution in [1.29, 1.82) is 0 Å². The number of carbonyl (C=O) groups is 1. The number of hydrogen-bond donors (Lipinski definition) is 1. The van der Waals surface area contributed by atoms with Crippen molar-refractivity contribution in [3.05, 3.63) is 69.6 Å². The van der Waals surface area contributed by atoms with E-state index in [0.29, 0.717) is 28.0 Å². The molecule has 142 valence electrons. The Morgan fingerprint density at radius 3 is 2.82 bits per heavy atom. The first-order chi connectivity index (χ1) is 13.4. The molecule has 0 spiro atoms. The first-order valence-electron chi connectivity index (χ1n) is 8.49. The van der Waals surface area contributed by atoms with Gasteiger partial charge in [0.15, 0.2) is 5.65 Å². The smallest absolute Gasteiger partial charge is 0.258 e. The van der Waals surface area contributed by atoms with Gasteiger partial charge in [0.25, 0.3) is 5.91 Å². The molecule has 1 N–H and O–H groups in total. The number of hydrogen-bond acceptors (Lipinski definition) is 4. The van der Waals surface area contributed by atoms with Crippen molar-refractivity contribution < 1.29 is 4.79 Å². The number of anilines is 1. The van der Waals surface area contributed by atoms with Gasteiger partial charge in [0.2, 0.25) is 0 Å². The highest BCUT2D eigenvalue weighted by atomic mass is 35.5.